The van der Waals surface area contributed by atoms with Gasteiger partial charge in [-0.2, -0.15) is 8.78 Å². The molecule has 0 spiro atoms. The van der Waals surface area contributed by atoms with Gasteiger partial charge in [-0.3, -0.25) is 0 Å². The zero-order valence-corrected chi connectivity index (χ0v) is 19.2. The molecule has 0 radical (unpaired) electrons. The molecular formula is C25H30F2O7. The molecule has 1 atom stereocenters. The maximum atomic E-state index is 13.9. The molecule has 4 saturated carbocycles. The van der Waals surface area contributed by atoms with Crippen molar-refractivity contribution in [2.45, 2.75) is 64.1 Å². The number of benzene rings is 1. The van der Waals surface area contributed by atoms with E-state index in [-0.39, 0.29) is 24.0 Å². The largest absolute Gasteiger partial charge is 0.477 e. The van der Waals surface area contributed by atoms with Crippen molar-refractivity contribution in [1.29, 1.82) is 0 Å². The van der Waals surface area contributed by atoms with Crippen LogP contribution < -0.4 is 0 Å². The Morgan fingerprint density at radius 2 is 1.44 bits per heavy atom. The van der Waals surface area contributed by atoms with Gasteiger partial charge in [0.15, 0.2) is 12.9 Å². The molecule has 1 aromatic rings. The SMILES string of the molecule is CC(C)C(OC(=O)c1ccc(C(=O)OCOC2C3CC4CC(C3)CC2C4)cc1)C(F)(F)C(=O)O. The van der Waals surface area contributed by atoms with E-state index in [2.05, 4.69) is 0 Å². The summed E-state index contributed by atoms with van der Waals surface area (Å²) in [5.41, 5.74) is 0.0785. The molecule has 0 saturated heterocycles. The summed E-state index contributed by atoms with van der Waals surface area (Å²) in [6.07, 6.45) is 4.12. The predicted molar refractivity (Wildman–Crippen MR) is 115 cm³/mol. The molecular weight excluding hydrogens is 450 g/mol. The van der Waals surface area contributed by atoms with Gasteiger partial charge in [-0.15, -0.1) is 0 Å². The van der Waals surface area contributed by atoms with Crippen molar-refractivity contribution in [2.24, 2.45) is 29.6 Å². The number of hydrogen-bond acceptors (Lipinski definition) is 6. The second-order valence-corrected chi connectivity index (χ2v) is 10.2. The number of alkyl halides is 2. The van der Waals surface area contributed by atoms with Crippen molar-refractivity contribution in [3.8, 4) is 0 Å². The molecule has 4 aliphatic rings. The van der Waals surface area contributed by atoms with Crippen LogP contribution >= 0.6 is 0 Å². The number of carbonyl (C=O) groups excluding carboxylic acids is 2. The number of ether oxygens (including phenoxy) is 3. The van der Waals surface area contributed by atoms with Gasteiger partial charge in [0.25, 0.3) is 0 Å². The second kappa shape index (κ2) is 9.60. The van der Waals surface area contributed by atoms with Gasteiger partial charge in [-0.05, 0) is 86.0 Å². The first-order chi connectivity index (χ1) is 16.1. The van der Waals surface area contributed by atoms with Gasteiger partial charge >= 0.3 is 23.8 Å². The predicted octanol–water partition coefficient (Wildman–Crippen LogP) is 4.54. The summed E-state index contributed by atoms with van der Waals surface area (Å²) in [6, 6.07) is 5.13. The molecule has 0 heterocycles. The molecule has 0 amide bonds. The third-order valence-corrected chi connectivity index (χ3v) is 7.43. The smallest absolute Gasteiger partial charge is 0.378 e. The van der Waals surface area contributed by atoms with E-state index in [0.29, 0.717) is 11.8 Å². The zero-order valence-electron chi connectivity index (χ0n) is 19.2. The Morgan fingerprint density at radius 3 is 1.91 bits per heavy atom. The van der Waals surface area contributed by atoms with E-state index in [1.54, 1.807) is 0 Å². The van der Waals surface area contributed by atoms with Crippen molar-refractivity contribution in [2.75, 3.05) is 6.79 Å². The topological polar surface area (TPSA) is 99.1 Å². The number of carbonyl (C=O) groups is 3. The van der Waals surface area contributed by atoms with Gasteiger partial charge in [0.2, 0.25) is 0 Å². The molecule has 0 aliphatic heterocycles. The van der Waals surface area contributed by atoms with Gasteiger partial charge < -0.3 is 19.3 Å². The minimum atomic E-state index is -4.23. The van der Waals surface area contributed by atoms with E-state index in [1.807, 2.05) is 0 Å². The number of carboxylic acids is 1. The fourth-order valence-electron chi connectivity index (χ4n) is 6.07. The highest BCUT2D eigenvalue weighted by Gasteiger charge is 2.52. The van der Waals surface area contributed by atoms with Gasteiger partial charge in [0.1, 0.15) is 0 Å². The number of hydrogen-bond donors (Lipinski definition) is 1. The lowest BCUT2D eigenvalue weighted by Gasteiger charge is -2.53. The van der Waals surface area contributed by atoms with Crippen molar-refractivity contribution in [1.82, 2.24) is 0 Å². The third-order valence-electron chi connectivity index (χ3n) is 7.43. The lowest BCUT2D eigenvalue weighted by atomic mass is 9.55. The maximum absolute atomic E-state index is 13.9. The first kappa shape index (κ1) is 24.6. The number of halogens is 2. The highest BCUT2D eigenvalue weighted by Crippen LogP contribution is 2.54. The summed E-state index contributed by atoms with van der Waals surface area (Å²) in [4.78, 5) is 35.5. The molecule has 1 aromatic carbocycles. The summed E-state index contributed by atoms with van der Waals surface area (Å²) in [6.45, 7) is 2.52. The summed E-state index contributed by atoms with van der Waals surface area (Å²) in [5.74, 6) is -6.53. The van der Waals surface area contributed by atoms with Gasteiger partial charge in [-0.1, -0.05) is 13.8 Å². The van der Waals surface area contributed by atoms with Crippen molar-refractivity contribution >= 4 is 17.9 Å². The monoisotopic (exact) mass is 480 g/mol. The molecule has 7 nitrogen and oxygen atoms in total. The van der Waals surface area contributed by atoms with Gasteiger partial charge in [0, 0.05) is 0 Å². The first-order valence-electron chi connectivity index (χ1n) is 11.8. The molecule has 5 rings (SSSR count). The normalized spacial score (nSPS) is 28.6. The van der Waals surface area contributed by atoms with E-state index in [4.69, 9.17) is 19.3 Å². The Labute approximate surface area is 196 Å². The number of rotatable bonds is 9. The maximum Gasteiger partial charge on any atom is 0.378 e. The first-order valence-corrected chi connectivity index (χ1v) is 11.8. The fourth-order valence-corrected chi connectivity index (χ4v) is 6.07. The summed E-state index contributed by atoms with van der Waals surface area (Å²) in [7, 11) is 0. The molecule has 4 fully saturated rings. The lowest BCUT2D eigenvalue weighted by molar-refractivity contribution is -0.187. The molecule has 186 valence electrons. The molecule has 4 bridgehead atoms. The van der Waals surface area contributed by atoms with Crippen molar-refractivity contribution in [3.05, 3.63) is 35.4 Å². The van der Waals surface area contributed by atoms with Crippen LogP contribution in [0.2, 0.25) is 0 Å². The van der Waals surface area contributed by atoms with E-state index in [9.17, 15) is 23.2 Å². The van der Waals surface area contributed by atoms with E-state index >= 15 is 0 Å². The van der Waals surface area contributed by atoms with E-state index in [0.717, 1.165) is 11.8 Å². The Hall–Kier alpha value is -2.55. The van der Waals surface area contributed by atoms with Crippen LogP contribution in [-0.4, -0.2) is 47.9 Å². The average Bonchev–Trinajstić information content (AvgIpc) is 2.78. The van der Waals surface area contributed by atoms with E-state index in [1.165, 1.54) is 70.2 Å². The number of aliphatic carboxylic acids is 1. The van der Waals surface area contributed by atoms with Crippen LogP contribution in [0.4, 0.5) is 8.78 Å². The van der Waals surface area contributed by atoms with Crippen LogP contribution in [0, 0.1) is 29.6 Å². The molecule has 34 heavy (non-hydrogen) atoms. The van der Waals surface area contributed by atoms with Crippen molar-refractivity contribution < 1.29 is 42.5 Å². The fraction of sp³-hybridized carbons (Fsp3) is 0.640. The highest BCUT2D eigenvalue weighted by molar-refractivity contribution is 5.93. The Morgan fingerprint density at radius 1 is 0.941 bits per heavy atom. The molecule has 0 aromatic heterocycles. The van der Waals surface area contributed by atoms with Crippen LogP contribution in [0.3, 0.4) is 0 Å². The molecule has 9 heteroatoms. The van der Waals surface area contributed by atoms with Crippen LogP contribution in [0.1, 0.15) is 66.7 Å². The quantitative estimate of drug-likeness (QED) is 0.409. The molecule has 4 aliphatic carbocycles. The summed E-state index contributed by atoms with van der Waals surface area (Å²) < 4.78 is 43.8. The third kappa shape index (κ3) is 4.94. The summed E-state index contributed by atoms with van der Waals surface area (Å²) in [5, 5.41) is 8.75. The van der Waals surface area contributed by atoms with Crippen LogP contribution in [-0.2, 0) is 19.0 Å². The number of carboxylic acid groups (broad SMARTS) is 1. The number of esters is 2. The van der Waals surface area contributed by atoms with Gasteiger partial charge in [0.05, 0.1) is 17.2 Å². The summed E-state index contributed by atoms with van der Waals surface area (Å²) >= 11 is 0. The van der Waals surface area contributed by atoms with Crippen LogP contribution in [0.25, 0.3) is 0 Å². The average molecular weight is 481 g/mol. The molecule has 1 unspecified atom stereocenters. The standard InChI is InChI=1S/C25H30F2O7/c1-13(2)21(25(26,27)24(30)31)34-23(29)17-5-3-16(4-6-17)22(28)33-12-32-20-18-8-14-7-15(10-18)11-19(20)9-14/h3-6,13-15,18-21H,7-12H2,1-2H3,(H,30,31). The van der Waals surface area contributed by atoms with Crippen molar-refractivity contribution in [3.63, 3.8) is 0 Å². The van der Waals surface area contributed by atoms with Crippen LogP contribution in [0.5, 0.6) is 0 Å². The minimum Gasteiger partial charge on any atom is -0.477 e. The minimum absolute atomic E-state index is 0.0896. The van der Waals surface area contributed by atoms with E-state index < -0.39 is 35.9 Å². The highest BCUT2D eigenvalue weighted by atomic mass is 19.3. The molecule has 1 N–H and O–H groups in total. The second-order valence-electron chi connectivity index (χ2n) is 10.2. The lowest BCUT2D eigenvalue weighted by Crippen LogP contribution is -2.49. The zero-order chi connectivity index (χ0) is 24.6. The van der Waals surface area contributed by atoms with Gasteiger partial charge in [-0.25, -0.2) is 14.4 Å². The van der Waals surface area contributed by atoms with Crippen LogP contribution in [0.15, 0.2) is 24.3 Å². The Kier molecular flexibility index (Phi) is 6.94. The Balaban J connectivity index is 1.29. The Bertz CT molecular complexity index is 900.